The SMILES string of the molecule is Cc1ccc(OCC(=O)NC(=S)NNC(=O)COc2ccc3cc(Br)ccc3c2Br)cc1. The highest BCUT2D eigenvalue weighted by atomic mass is 79.9. The molecule has 0 aliphatic carbocycles. The number of thiocarbonyl (C=S) groups is 1. The number of ether oxygens (including phenoxy) is 2. The maximum atomic E-state index is 12.0. The van der Waals surface area contributed by atoms with Gasteiger partial charge in [-0.15, -0.1) is 0 Å². The first-order valence-electron chi connectivity index (χ1n) is 9.40. The topological polar surface area (TPSA) is 88.7 Å². The van der Waals surface area contributed by atoms with E-state index in [-0.39, 0.29) is 18.3 Å². The van der Waals surface area contributed by atoms with Gasteiger partial charge in [-0.05, 0) is 76.2 Å². The number of rotatable bonds is 6. The quantitative estimate of drug-likeness (QED) is 0.300. The molecule has 7 nitrogen and oxygen atoms in total. The Morgan fingerprint density at radius 2 is 1.62 bits per heavy atom. The van der Waals surface area contributed by atoms with Crippen molar-refractivity contribution in [3.63, 3.8) is 0 Å². The average Bonchev–Trinajstić information content (AvgIpc) is 2.77. The van der Waals surface area contributed by atoms with Crippen LogP contribution in [0.4, 0.5) is 0 Å². The molecule has 0 fully saturated rings. The number of halogens is 2. The van der Waals surface area contributed by atoms with Crippen molar-refractivity contribution >= 4 is 71.8 Å². The molecule has 0 aromatic heterocycles. The first kappa shape index (κ1) is 24.0. The van der Waals surface area contributed by atoms with E-state index in [1.54, 1.807) is 18.2 Å². The van der Waals surface area contributed by atoms with Gasteiger partial charge in [0.1, 0.15) is 11.5 Å². The molecule has 0 spiro atoms. The fourth-order valence-corrected chi connectivity index (χ4v) is 3.79. The molecule has 3 N–H and O–H groups in total. The zero-order chi connectivity index (χ0) is 23.1. The number of hydrogen-bond donors (Lipinski definition) is 3. The molecule has 2 amide bonds. The number of nitrogens with one attached hydrogen (secondary N) is 3. The Morgan fingerprint density at radius 1 is 0.906 bits per heavy atom. The molecule has 0 aliphatic heterocycles. The van der Waals surface area contributed by atoms with Crippen LogP contribution in [0, 0.1) is 6.92 Å². The average molecular weight is 581 g/mol. The second-order valence-electron chi connectivity index (χ2n) is 6.68. The molecule has 0 bridgehead atoms. The second kappa shape index (κ2) is 11.3. The van der Waals surface area contributed by atoms with Crippen LogP contribution in [0.2, 0.25) is 0 Å². The van der Waals surface area contributed by atoms with Crippen LogP contribution in [0.5, 0.6) is 11.5 Å². The maximum absolute atomic E-state index is 12.0. The Labute approximate surface area is 207 Å². The summed E-state index contributed by atoms with van der Waals surface area (Å²) in [5.41, 5.74) is 5.91. The number of hydrogen-bond acceptors (Lipinski definition) is 5. The molecular weight excluding hydrogens is 562 g/mol. The van der Waals surface area contributed by atoms with Crippen LogP contribution in [-0.2, 0) is 9.59 Å². The summed E-state index contributed by atoms with van der Waals surface area (Å²) in [7, 11) is 0. The Hall–Kier alpha value is -2.69. The minimum atomic E-state index is -0.472. The highest BCUT2D eigenvalue weighted by Gasteiger charge is 2.10. The zero-order valence-electron chi connectivity index (χ0n) is 16.9. The van der Waals surface area contributed by atoms with E-state index in [1.165, 1.54) is 0 Å². The van der Waals surface area contributed by atoms with Gasteiger partial charge in [0.25, 0.3) is 11.8 Å². The second-order valence-corrected chi connectivity index (χ2v) is 8.80. The molecule has 3 aromatic rings. The van der Waals surface area contributed by atoms with E-state index in [0.29, 0.717) is 11.5 Å². The van der Waals surface area contributed by atoms with Crippen molar-refractivity contribution < 1.29 is 19.1 Å². The Bertz CT molecular complexity index is 1160. The monoisotopic (exact) mass is 579 g/mol. The Balaban J connectivity index is 1.40. The van der Waals surface area contributed by atoms with Crippen molar-refractivity contribution in [1.29, 1.82) is 0 Å². The van der Waals surface area contributed by atoms with E-state index >= 15 is 0 Å². The van der Waals surface area contributed by atoms with Gasteiger partial charge in [-0.3, -0.25) is 25.8 Å². The molecule has 32 heavy (non-hydrogen) atoms. The molecule has 0 heterocycles. The molecule has 0 atom stereocenters. The van der Waals surface area contributed by atoms with Crippen molar-refractivity contribution in [2.75, 3.05) is 13.2 Å². The lowest BCUT2D eigenvalue weighted by atomic mass is 10.1. The van der Waals surface area contributed by atoms with Crippen molar-refractivity contribution in [3.05, 3.63) is 69.1 Å². The largest absolute Gasteiger partial charge is 0.484 e. The fourth-order valence-electron chi connectivity index (χ4n) is 2.64. The summed E-state index contributed by atoms with van der Waals surface area (Å²) in [5, 5.41) is 4.34. The number of carbonyl (C=O) groups is 2. The number of amides is 2. The molecular formula is C22H19Br2N3O4S. The van der Waals surface area contributed by atoms with Crippen LogP contribution in [0.3, 0.4) is 0 Å². The molecule has 0 saturated heterocycles. The summed E-state index contributed by atoms with van der Waals surface area (Å²) >= 11 is 11.9. The van der Waals surface area contributed by atoms with Crippen LogP contribution in [0.25, 0.3) is 10.8 Å². The van der Waals surface area contributed by atoms with Gasteiger partial charge in [0.2, 0.25) is 0 Å². The van der Waals surface area contributed by atoms with Gasteiger partial charge in [-0.2, -0.15) is 0 Å². The van der Waals surface area contributed by atoms with E-state index < -0.39 is 11.8 Å². The molecule has 166 valence electrons. The smallest absolute Gasteiger partial charge is 0.276 e. The van der Waals surface area contributed by atoms with Crippen LogP contribution in [0.1, 0.15) is 5.56 Å². The van der Waals surface area contributed by atoms with Crippen LogP contribution in [-0.4, -0.2) is 30.1 Å². The van der Waals surface area contributed by atoms with Crippen molar-refractivity contribution in [1.82, 2.24) is 16.2 Å². The van der Waals surface area contributed by atoms with E-state index in [1.807, 2.05) is 43.3 Å². The zero-order valence-corrected chi connectivity index (χ0v) is 20.9. The molecule has 3 rings (SSSR count). The summed E-state index contributed by atoms with van der Waals surface area (Å²) in [4.78, 5) is 24.0. The maximum Gasteiger partial charge on any atom is 0.276 e. The molecule has 0 aliphatic rings. The van der Waals surface area contributed by atoms with Gasteiger partial charge < -0.3 is 9.47 Å². The highest BCUT2D eigenvalue weighted by Crippen LogP contribution is 2.34. The molecule has 0 unspecified atom stereocenters. The fraction of sp³-hybridized carbons (Fsp3) is 0.136. The first-order chi connectivity index (χ1) is 15.3. The van der Waals surface area contributed by atoms with E-state index in [9.17, 15) is 9.59 Å². The van der Waals surface area contributed by atoms with Crippen molar-refractivity contribution in [2.45, 2.75) is 6.92 Å². The molecule has 0 saturated carbocycles. The van der Waals surface area contributed by atoms with E-state index in [2.05, 4.69) is 48.0 Å². The lowest BCUT2D eigenvalue weighted by molar-refractivity contribution is -0.124. The summed E-state index contributed by atoms with van der Waals surface area (Å²) < 4.78 is 12.7. The molecule has 3 aromatic carbocycles. The van der Waals surface area contributed by atoms with E-state index in [0.717, 1.165) is 25.3 Å². The highest BCUT2D eigenvalue weighted by molar-refractivity contribution is 9.11. The van der Waals surface area contributed by atoms with Gasteiger partial charge >= 0.3 is 0 Å². The predicted molar refractivity (Wildman–Crippen MR) is 134 cm³/mol. The number of hydrazine groups is 1. The lowest BCUT2D eigenvalue weighted by Crippen LogP contribution is -2.50. The Morgan fingerprint density at radius 3 is 2.38 bits per heavy atom. The van der Waals surface area contributed by atoms with Gasteiger partial charge in [0, 0.05) is 4.47 Å². The van der Waals surface area contributed by atoms with Gasteiger partial charge in [-0.1, -0.05) is 45.8 Å². The van der Waals surface area contributed by atoms with Crippen LogP contribution >= 0.6 is 44.1 Å². The number of carbonyl (C=O) groups excluding carboxylic acids is 2. The third kappa shape index (κ3) is 6.91. The molecule has 0 radical (unpaired) electrons. The standard InChI is InChI=1S/C22H19Br2N3O4S/c1-13-2-6-16(7-3-13)30-11-19(28)25-22(32)27-26-20(29)12-31-18-9-4-14-10-15(23)5-8-17(14)21(18)24/h2-10H,11-12H2,1H3,(H,26,29)(H2,25,27,28,32). The van der Waals surface area contributed by atoms with Crippen LogP contribution in [0.15, 0.2) is 63.5 Å². The molecule has 10 heteroatoms. The van der Waals surface area contributed by atoms with Gasteiger partial charge in [0.05, 0.1) is 4.47 Å². The third-order valence-electron chi connectivity index (χ3n) is 4.20. The predicted octanol–water partition coefficient (Wildman–Crippen LogP) is 4.15. The summed E-state index contributed by atoms with van der Waals surface area (Å²) in [6, 6.07) is 16.8. The summed E-state index contributed by atoms with van der Waals surface area (Å²) in [6.45, 7) is 1.50. The van der Waals surface area contributed by atoms with Crippen molar-refractivity contribution in [2.24, 2.45) is 0 Å². The lowest BCUT2D eigenvalue weighted by Gasteiger charge is -2.13. The number of aryl methyl sites for hydroxylation is 1. The number of benzene rings is 3. The van der Waals surface area contributed by atoms with Crippen molar-refractivity contribution in [3.8, 4) is 11.5 Å². The normalized spacial score (nSPS) is 10.3. The minimum absolute atomic E-state index is 0.0617. The Kier molecular flexibility index (Phi) is 8.43. The van der Waals surface area contributed by atoms with E-state index in [4.69, 9.17) is 21.7 Å². The minimum Gasteiger partial charge on any atom is -0.484 e. The first-order valence-corrected chi connectivity index (χ1v) is 11.4. The summed E-state index contributed by atoms with van der Waals surface area (Å²) in [6.07, 6.45) is 0. The van der Waals surface area contributed by atoms with Gasteiger partial charge in [-0.25, -0.2) is 0 Å². The van der Waals surface area contributed by atoms with Crippen LogP contribution < -0.4 is 25.6 Å². The third-order valence-corrected chi connectivity index (χ3v) is 5.71. The number of fused-ring (bicyclic) bond motifs is 1. The summed E-state index contributed by atoms with van der Waals surface area (Å²) in [5.74, 6) is 0.169. The van der Waals surface area contributed by atoms with Gasteiger partial charge in [0.15, 0.2) is 18.3 Å².